The van der Waals surface area contributed by atoms with Gasteiger partial charge in [-0.2, -0.15) is 13.2 Å². The topological polar surface area (TPSA) is 142 Å². The second-order valence-electron chi connectivity index (χ2n) is 8.33. The Morgan fingerprint density at radius 1 is 1.12 bits per heavy atom. The van der Waals surface area contributed by atoms with Crippen LogP contribution in [0.25, 0.3) is 11.3 Å². The molecule has 2 atom stereocenters. The maximum absolute atomic E-state index is 15.1. The molecule has 0 aliphatic carbocycles. The average molecular weight is 647 g/mol. The molecule has 218 valence electrons. The van der Waals surface area contributed by atoms with Crippen molar-refractivity contribution in [3.05, 3.63) is 82.4 Å². The van der Waals surface area contributed by atoms with E-state index in [2.05, 4.69) is 27.5 Å². The Bertz CT molecular complexity index is 1460. The van der Waals surface area contributed by atoms with Gasteiger partial charge in [-0.05, 0) is 40.2 Å². The molecule has 0 saturated heterocycles. The number of aliphatic carboxylic acids is 1. The van der Waals surface area contributed by atoms with Crippen molar-refractivity contribution >= 4 is 33.8 Å². The highest BCUT2D eigenvalue weighted by Gasteiger charge is 2.35. The Kier molecular flexibility index (Phi) is 9.86. The Morgan fingerprint density at radius 3 is 2.34 bits per heavy atom. The number of nitrogens with zero attached hydrogens (tertiary/aromatic N) is 1. The van der Waals surface area contributed by atoms with Gasteiger partial charge >= 0.3 is 18.1 Å². The quantitative estimate of drug-likeness (QED) is 0.139. The van der Waals surface area contributed by atoms with E-state index in [0.29, 0.717) is 6.07 Å². The molecule has 1 aromatic heterocycles. The number of carbonyl (C=O) groups excluding carboxylic acids is 2. The monoisotopic (exact) mass is 646 g/mol. The first-order chi connectivity index (χ1) is 19.2. The summed E-state index contributed by atoms with van der Waals surface area (Å²) in [7, 11) is 0. The number of rotatable bonds is 12. The number of carboxylic acid groups (broad SMARTS) is 1. The smallest absolute Gasteiger partial charge is 0.416 e. The maximum Gasteiger partial charge on any atom is 0.416 e. The van der Waals surface area contributed by atoms with Crippen LogP contribution in [0, 0.1) is 11.6 Å². The molecule has 15 heteroatoms. The molecule has 2 unspecified atom stereocenters. The largest absolute Gasteiger partial charge is 0.481 e. The van der Waals surface area contributed by atoms with Gasteiger partial charge in [0.2, 0.25) is 12.0 Å². The van der Waals surface area contributed by atoms with Gasteiger partial charge in [0.1, 0.15) is 17.1 Å². The van der Waals surface area contributed by atoms with E-state index in [-0.39, 0.29) is 28.2 Å². The molecule has 3 rings (SSSR count). The zero-order valence-electron chi connectivity index (χ0n) is 20.7. The van der Waals surface area contributed by atoms with Crippen LogP contribution >= 0.6 is 15.9 Å². The summed E-state index contributed by atoms with van der Waals surface area (Å²) in [5.41, 5.74) is 3.20. The fraction of sp³-hybridized carbons (Fsp3) is 0.231. The van der Waals surface area contributed by atoms with Crippen LogP contribution in [0.2, 0.25) is 0 Å². The van der Waals surface area contributed by atoms with Crippen molar-refractivity contribution in [3.63, 3.8) is 0 Å². The molecule has 1 amide bonds. The number of ether oxygens (including phenoxy) is 2. The van der Waals surface area contributed by atoms with Gasteiger partial charge in [-0.25, -0.2) is 13.8 Å². The van der Waals surface area contributed by atoms with Crippen LogP contribution in [-0.2, 0) is 20.5 Å². The molecule has 0 aliphatic rings. The SMILES string of the molecule is C=CCC(OC(=O)CCC(=O)O)C(Oc1ccc(F)c(C(N)=O)c1F)c1nc(-c2ccc(C(F)(F)F)cc2)c(Br)o1. The molecule has 0 bridgehead atoms. The number of hydrogen-bond donors (Lipinski definition) is 2. The van der Waals surface area contributed by atoms with Crippen molar-refractivity contribution < 1.29 is 55.3 Å². The first-order valence-corrected chi connectivity index (χ1v) is 12.3. The van der Waals surface area contributed by atoms with Gasteiger partial charge in [0.25, 0.3) is 5.91 Å². The molecule has 0 fully saturated rings. The van der Waals surface area contributed by atoms with E-state index in [0.717, 1.165) is 30.3 Å². The second kappa shape index (κ2) is 12.9. The van der Waals surface area contributed by atoms with Crippen LogP contribution in [0.15, 0.2) is 58.1 Å². The number of esters is 1. The predicted molar refractivity (Wildman–Crippen MR) is 134 cm³/mol. The normalized spacial score (nSPS) is 12.8. The number of primary amides is 1. The lowest BCUT2D eigenvalue weighted by Gasteiger charge is -2.25. The lowest BCUT2D eigenvalue weighted by atomic mass is 10.1. The summed E-state index contributed by atoms with van der Waals surface area (Å²) in [6.45, 7) is 3.55. The highest BCUT2D eigenvalue weighted by Crippen LogP contribution is 2.37. The van der Waals surface area contributed by atoms with Crippen LogP contribution in [0.3, 0.4) is 0 Å². The number of halogens is 6. The van der Waals surface area contributed by atoms with Crippen molar-refractivity contribution in [2.45, 2.75) is 37.6 Å². The first kappa shape index (κ1) is 31.3. The third-order valence-electron chi connectivity index (χ3n) is 5.45. The van der Waals surface area contributed by atoms with E-state index < -0.39 is 77.6 Å². The standard InChI is InChI=1S/C26H20BrF5N2O7/c1-2-3-16(39-18(37)11-10-17(35)36)22(40-15-9-8-14(28)19(20(15)29)24(33)38)25-34-21(23(27)41-25)12-4-6-13(7-5-12)26(30,31)32/h2,4-9,16,22H,1,3,10-11H2,(H2,33,38)(H,35,36). The molecule has 41 heavy (non-hydrogen) atoms. The third kappa shape index (κ3) is 7.68. The number of carboxylic acids is 1. The fourth-order valence-electron chi connectivity index (χ4n) is 3.54. The van der Waals surface area contributed by atoms with E-state index >= 15 is 4.39 Å². The number of oxazole rings is 1. The minimum atomic E-state index is -4.59. The predicted octanol–water partition coefficient (Wildman–Crippen LogP) is 5.97. The Balaban J connectivity index is 2.08. The lowest BCUT2D eigenvalue weighted by Crippen LogP contribution is -2.30. The van der Waals surface area contributed by atoms with Gasteiger partial charge in [0.15, 0.2) is 22.3 Å². The molecule has 2 aromatic carbocycles. The summed E-state index contributed by atoms with van der Waals surface area (Å²) in [6, 6.07) is 5.41. The highest BCUT2D eigenvalue weighted by atomic mass is 79.9. The summed E-state index contributed by atoms with van der Waals surface area (Å²) < 4.78 is 84.6. The van der Waals surface area contributed by atoms with Gasteiger partial charge in [-0.3, -0.25) is 14.4 Å². The maximum atomic E-state index is 15.1. The second-order valence-corrected chi connectivity index (χ2v) is 9.05. The molecular formula is C26H20BrF5N2O7. The van der Waals surface area contributed by atoms with Crippen LogP contribution in [0.5, 0.6) is 5.75 Å². The van der Waals surface area contributed by atoms with Crippen molar-refractivity contribution in [3.8, 4) is 17.0 Å². The molecule has 0 radical (unpaired) electrons. The average Bonchev–Trinajstić information content (AvgIpc) is 3.27. The van der Waals surface area contributed by atoms with Crippen LogP contribution in [0.1, 0.15) is 47.2 Å². The summed E-state index contributed by atoms with van der Waals surface area (Å²) in [5.74, 6) is -7.55. The Morgan fingerprint density at radius 2 is 1.78 bits per heavy atom. The van der Waals surface area contributed by atoms with Crippen LogP contribution in [0.4, 0.5) is 22.0 Å². The number of benzene rings is 2. The zero-order valence-corrected chi connectivity index (χ0v) is 22.3. The molecule has 3 aromatic rings. The van der Waals surface area contributed by atoms with Crippen molar-refractivity contribution in [2.24, 2.45) is 5.73 Å². The van der Waals surface area contributed by atoms with Gasteiger partial charge in [0.05, 0.1) is 18.4 Å². The fourth-order valence-corrected chi connectivity index (χ4v) is 4.02. The molecule has 0 aliphatic heterocycles. The summed E-state index contributed by atoms with van der Waals surface area (Å²) in [4.78, 5) is 39.1. The Labute approximate surface area is 236 Å². The summed E-state index contributed by atoms with van der Waals surface area (Å²) >= 11 is 3.12. The molecule has 9 nitrogen and oxygen atoms in total. The number of alkyl halides is 3. The number of hydrogen-bond acceptors (Lipinski definition) is 7. The lowest BCUT2D eigenvalue weighted by molar-refractivity contribution is -0.157. The zero-order chi connectivity index (χ0) is 30.5. The number of aromatic nitrogens is 1. The van der Waals surface area contributed by atoms with E-state index in [9.17, 15) is 31.9 Å². The van der Waals surface area contributed by atoms with Crippen molar-refractivity contribution in [1.82, 2.24) is 4.98 Å². The number of amides is 1. The van der Waals surface area contributed by atoms with Gasteiger partial charge in [-0.1, -0.05) is 18.2 Å². The van der Waals surface area contributed by atoms with Crippen LogP contribution < -0.4 is 10.5 Å². The number of carbonyl (C=O) groups is 3. The van der Waals surface area contributed by atoms with Crippen molar-refractivity contribution in [1.29, 1.82) is 0 Å². The van der Waals surface area contributed by atoms with E-state index in [1.165, 1.54) is 6.08 Å². The highest BCUT2D eigenvalue weighted by molar-refractivity contribution is 9.10. The van der Waals surface area contributed by atoms with Gasteiger partial charge in [0, 0.05) is 12.0 Å². The van der Waals surface area contributed by atoms with Gasteiger partial charge < -0.3 is 24.7 Å². The number of nitrogens with two attached hydrogens (primary N) is 1. The van der Waals surface area contributed by atoms with Gasteiger partial charge in [-0.15, -0.1) is 6.58 Å². The van der Waals surface area contributed by atoms with Crippen LogP contribution in [-0.4, -0.2) is 34.0 Å². The summed E-state index contributed by atoms with van der Waals surface area (Å²) in [6.07, 6.45) is -7.60. The molecular weight excluding hydrogens is 627 g/mol. The van der Waals surface area contributed by atoms with E-state index in [1.807, 2.05) is 0 Å². The summed E-state index contributed by atoms with van der Waals surface area (Å²) in [5, 5.41) is 8.86. The minimum absolute atomic E-state index is 0.00529. The van der Waals surface area contributed by atoms with Crippen molar-refractivity contribution in [2.75, 3.05) is 0 Å². The molecule has 1 heterocycles. The Hall–Kier alpha value is -4.27. The van der Waals surface area contributed by atoms with E-state index in [4.69, 9.17) is 24.7 Å². The first-order valence-electron chi connectivity index (χ1n) is 11.5. The molecule has 0 saturated carbocycles. The minimum Gasteiger partial charge on any atom is -0.481 e. The van der Waals surface area contributed by atoms with E-state index in [1.54, 1.807) is 0 Å². The molecule has 0 spiro atoms. The third-order valence-corrected chi connectivity index (χ3v) is 5.99. The molecule has 3 N–H and O–H groups in total.